The van der Waals surface area contributed by atoms with Gasteiger partial charge in [0.25, 0.3) is 0 Å². The Balaban J connectivity index is 1.44. The molecule has 3 N–H and O–H groups in total. The fourth-order valence-corrected chi connectivity index (χ4v) is 4.77. The SMILES string of the molecule is COC(=O)C(C)NP(=O)(OCc1ccc(Cn2cnc3c(N)ncnc32)cc1)Oc1ccccc1. The Kier molecular flexibility index (Phi) is 7.40. The molecular weight excluding hydrogens is 471 g/mol. The molecule has 0 saturated carbocycles. The van der Waals surface area contributed by atoms with E-state index in [0.717, 1.165) is 11.1 Å². The van der Waals surface area contributed by atoms with Gasteiger partial charge in [-0.2, -0.15) is 5.09 Å². The summed E-state index contributed by atoms with van der Waals surface area (Å²) in [5.41, 5.74) is 8.81. The number of nitrogens with two attached hydrogens (primary N) is 1. The molecule has 0 radical (unpaired) electrons. The maximum Gasteiger partial charge on any atom is 0.459 e. The summed E-state index contributed by atoms with van der Waals surface area (Å²) in [6.45, 7) is 2.04. The molecule has 4 rings (SSSR count). The first-order valence-corrected chi connectivity index (χ1v) is 12.2. The van der Waals surface area contributed by atoms with Gasteiger partial charge in [-0.1, -0.05) is 42.5 Å². The van der Waals surface area contributed by atoms with E-state index in [2.05, 4.69) is 20.0 Å². The second-order valence-electron chi connectivity index (χ2n) is 7.67. The molecule has 0 amide bonds. The highest BCUT2D eigenvalue weighted by Gasteiger charge is 2.32. The summed E-state index contributed by atoms with van der Waals surface area (Å²) in [6.07, 6.45) is 3.07. The summed E-state index contributed by atoms with van der Waals surface area (Å²) < 4.78 is 31.3. The quantitative estimate of drug-likeness (QED) is 0.248. The Bertz CT molecular complexity index is 1350. The average molecular weight is 496 g/mol. The molecule has 2 aromatic heterocycles. The first kappa shape index (κ1) is 24.3. The maximum atomic E-state index is 13.4. The molecule has 2 heterocycles. The number of ether oxygens (including phenoxy) is 1. The van der Waals surface area contributed by atoms with Crippen LogP contribution in [0.5, 0.6) is 5.75 Å². The number of methoxy groups -OCH3 is 1. The highest BCUT2D eigenvalue weighted by atomic mass is 31.2. The fourth-order valence-electron chi connectivity index (χ4n) is 3.29. The van der Waals surface area contributed by atoms with Crippen LogP contribution in [0.15, 0.2) is 67.3 Å². The summed E-state index contributed by atoms with van der Waals surface area (Å²) in [4.78, 5) is 24.3. The predicted octanol–water partition coefficient (Wildman–Crippen LogP) is 3.31. The van der Waals surface area contributed by atoms with E-state index in [-0.39, 0.29) is 6.61 Å². The Hall–Kier alpha value is -3.79. The fraction of sp³-hybridized carbons (Fsp3) is 0.217. The molecule has 0 bridgehead atoms. The molecule has 2 unspecified atom stereocenters. The zero-order valence-corrected chi connectivity index (χ0v) is 20.1. The molecule has 2 aromatic carbocycles. The first-order chi connectivity index (χ1) is 16.9. The van der Waals surface area contributed by atoms with E-state index in [0.29, 0.717) is 29.3 Å². The van der Waals surface area contributed by atoms with Crippen molar-refractivity contribution in [3.05, 3.63) is 78.4 Å². The van der Waals surface area contributed by atoms with Gasteiger partial charge in [0.05, 0.1) is 26.6 Å². The van der Waals surface area contributed by atoms with Crippen LogP contribution in [0.4, 0.5) is 5.82 Å². The molecule has 0 aliphatic heterocycles. The lowest BCUT2D eigenvalue weighted by molar-refractivity contribution is -0.142. The number of hydrogen-bond donors (Lipinski definition) is 2. The topological polar surface area (TPSA) is 143 Å². The number of nitrogens with one attached hydrogen (secondary N) is 1. The van der Waals surface area contributed by atoms with Crippen molar-refractivity contribution in [3.63, 3.8) is 0 Å². The molecular formula is C23H25N6O5P. The molecule has 11 nitrogen and oxygen atoms in total. The van der Waals surface area contributed by atoms with Gasteiger partial charge in [-0.15, -0.1) is 0 Å². The van der Waals surface area contributed by atoms with Crippen LogP contribution in [0.25, 0.3) is 11.2 Å². The lowest BCUT2D eigenvalue weighted by atomic mass is 10.1. The van der Waals surface area contributed by atoms with Crippen LogP contribution < -0.4 is 15.3 Å². The Morgan fingerprint density at radius 3 is 2.51 bits per heavy atom. The number of fused-ring (bicyclic) bond motifs is 1. The number of imidazole rings is 1. The van der Waals surface area contributed by atoms with Crippen molar-refractivity contribution in [1.29, 1.82) is 0 Å². The number of nitrogen functional groups attached to an aromatic ring is 1. The molecule has 4 aromatic rings. The number of nitrogens with zero attached hydrogens (tertiary/aromatic N) is 4. The normalized spacial score (nSPS) is 13.8. The largest absolute Gasteiger partial charge is 0.468 e. The zero-order valence-electron chi connectivity index (χ0n) is 19.2. The second-order valence-corrected chi connectivity index (χ2v) is 9.36. The monoisotopic (exact) mass is 496 g/mol. The third-order valence-corrected chi connectivity index (χ3v) is 6.71. The van der Waals surface area contributed by atoms with Crippen LogP contribution in [-0.2, 0) is 31.8 Å². The lowest BCUT2D eigenvalue weighted by Gasteiger charge is -2.22. The highest BCUT2D eigenvalue weighted by Crippen LogP contribution is 2.45. The molecule has 0 aliphatic carbocycles. The Morgan fingerprint density at radius 2 is 1.80 bits per heavy atom. The summed E-state index contributed by atoms with van der Waals surface area (Å²) in [5, 5.41) is 2.63. The van der Waals surface area contributed by atoms with Gasteiger partial charge in [-0.3, -0.25) is 9.32 Å². The standard InChI is InChI=1S/C23H25N6O5P/c1-16(23(30)32-2)28-35(31,34-19-6-4-3-5-7-19)33-13-18-10-8-17(9-11-18)12-29-15-27-20-21(24)25-14-26-22(20)29/h3-11,14-16H,12-13H2,1-2H3,(H,28,31)(H2,24,25,26). The first-order valence-electron chi connectivity index (χ1n) is 10.7. The van der Waals surface area contributed by atoms with Crippen LogP contribution in [-0.4, -0.2) is 38.6 Å². The van der Waals surface area contributed by atoms with E-state index in [1.807, 2.05) is 28.8 Å². The summed E-state index contributed by atoms with van der Waals surface area (Å²) in [5.74, 6) is 0.0835. The van der Waals surface area contributed by atoms with E-state index >= 15 is 0 Å². The third-order valence-electron chi connectivity index (χ3n) is 5.08. The second kappa shape index (κ2) is 10.6. The van der Waals surface area contributed by atoms with Crippen molar-refractivity contribution in [2.75, 3.05) is 12.8 Å². The molecule has 0 fully saturated rings. The molecule has 2 atom stereocenters. The van der Waals surface area contributed by atoms with Crippen LogP contribution >= 0.6 is 7.75 Å². The van der Waals surface area contributed by atoms with Gasteiger partial charge in [-0.05, 0) is 30.2 Å². The predicted molar refractivity (Wildman–Crippen MR) is 129 cm³/mol. The van der Waals surface area contributed by atoms with Gasteiger partial charge >= 0.3 is 13.7 Å². The van der Waals surface area contributed by atoms with Crippen molar-refractivity contribution in [1.82, 2.24) is 24.6 Å². The number of para-hydroxylation sites is 1. The van der Waals surface area contributed by atoms with E-state index in [1.165, 1.54) is 20.4 Å². The van der Waals surface area contributed by atoms with Crippen LogP contribution in [0.3, 0.4) is 0 Å². The minimum absolute atomic E-state index is 0.0109. The van der Waals surface area contributed by atoms with Gasteiger partial charge < -0.3 is 19.6 Å². The van der Waals surface area contributed by atoms with Gasteiger partial charge in [0.2, 0.25) is 0 Å². The smallest absolute Gasteiger partial charge is 0.459 e. The number of hydrogen-bond acceptors (Lipinski definition) is 9. The van der Waals surface area contributed by atoms with Gasteiger partial charge in [-0.25, -0.2) is 19.5 Å². The molecule has 0 saturated heterocycles. The minimum Gasteiger partial charge on any atom is -0.468 e. The van der Waals surface area contributed by atoms with Crippen molar-refractivity contribution in [3.8, 4) is 5.75 Å². The van der Waals surface area contributed by atoms with Crippen LogP contribution in [0.1, 0.15) is 18.1 Å². The Morgan fingerprint density at radius 1 is 1.09 bits per heavy atom. The maximum absolute atomic E-state index is 13.4. The molecule has 0 spiro atoms. The van der Waals surface area contributed by atoms with E-state index in [4.69, 9.17) is 19.5 Å². The van der Waals surface area contributed by atoms with Crippen molar-refractivity contribution in [2.24, 2.45) is 0 Å². The van der Waals surface area contributed by atoms with Crippen molar-refractivity contribution >= 4 is 30.7 Å². The van der Waals surface area contributed by atoms with Gasteiger partial charge in [0.1, 0.15) is 23.6 Å². The minimum atomic E-state index is -3.91. The number of rotatable bonds is 10. The van der Waals surface area contributed by atoms with Gasteiger partial charge in [0, 0.05) is 0 Å². The number of benzene rings is 2. The molecule has 12 heteroatoms. The summed E-state index contributed by atoms with van der Waals surface area (Å²) in [6, 6.07) is 15.2. The van der Waals surface area contributed by atoms with E-state index in [9.17, 15) is 9.36 Å². The van der Waals surface area contributed by atoms with Crippen molar-refractivity contribution < 1.29 is 23.1 Å². The van der Waals surface area contributed by atoms with Crippen LogP contribution in [0, 0.1) is 0 Å². The molecule has 182 valence electrons. The number of aromatic nitrogens is 4. The molecule has 35 heavy (non-hydrogen) atoms. The number of anilines is 1. The highest BCUT2D eigenvalue weighted by molar-refractivity contribution is 7.52. The van der Waals surface area contributed by atoms with Gasteiger partial charge in [0.15, 0.2) is 11.5 Å². The summed E-state index contributed by atoms with van der Waals surface area (Å²) >= 11 is 0. The van der Waals surface area contributed by atoms with Crippen molar-refractivity contribution in [2.45, 2.75) is 26.1 Å². The lowest BCUT2D eigenvalue weighted by Crippen LogP contribution is -2.34. The number of carbonyl (C=O) groups is 1. The summed E-state index contributed by atoms with van der Waals surface area (Å²) in [7, 11) is -2.66. The number of esters is 1. The van der Waals surface area contributed by atoms with Crippen LogP contribution in [0.2, 0.25) is 0 Å². The van der Waals surface area contributed by atoms with E-state index < -0.39 is 19.8 Å². The van der Waals surface area contributed by atoms with E-state index in [1.54, 1.807) is 36.7 Å². The zero-order chi connectivity index (χ0) is 24.8. The molecule has 0 aliphatic rings. The number of carbonyl (C=O) groups excluding carboxylic acids is 1. The Labute approximate surface area is 201 Å². The average Bonchev–Trinajstić information content (AvgIpc) is 3.27. The third kappa shape index (κ3) is 6.02.